The third-order valence-electron chi connectivity index (χ3n) is 5.38. The van der Waals surface area contributed by atoms with Gasteiger partial charge >= 0.3 is 5.69 Å². The van der Waals surface area contributed by atoms with E-state index in [9.17, 15) is 9.59 Å². The van der Waals surface area contributed by atoms with Crippen LogP contribution in [0.2, 0.25) is 10.0 Å². The van der Waals surface area contributed by atoms with Gasteiger partial charge in [-0.2, -0.15) is 0 Å². The predicted molar refractivity (Wildman–Crippen MR) is 132 cm³/mol. The highest BCUT2D eigenvalue weighted by Crippen LogP contribution is 2.20. The van der Waals surface area contributed by atoms with E-state index in [0.717, 1.165) is 22.3 Å². The highest BCUT2D eigenvalue weighted by atomic mass is 35.5. The molecule has 0 atom stereocenters. The molecule has 4 rings (SSSR count). The van der Waals surface area contributed by atoms with E-state index in [1.165, 1.54) is 4.68 Å². The zero-order valence-corrected chi connectivity index (χ0v) is 19.7. The first-order valence-electron chi connectivity index (χ1n) is 10.6. The first-order valence-corrected chi connectivity index (χ1v) is 11.4. The lowest BCUT2D eigenvalue weighted by molar-refractivity contribution is -0.119. The van der Waals surface area contributed by atoms with Crippen molar-refractivity contribution in [1.82, 2.24) is 14.3 Å². The zero-order valence-electron chi connectivity index (χ0n) is 18.2. The third-order valence-corrected chi connectivity index (χ3v) is 5.88. The smallest absolute Gasteiger partial charge is 0.298 e. The zero-order chi connectivity index (χ0) is 23.4. The van der Waals surface area contributed by atoms with Crippen LogP contribution < -0.4 is 5.69 Å². The van der Waals surface area contributed by atoms with Gasteiger partial charge in [0.05, 0.1) is 6.54 Å². The summed E-state index contributed by atoms with van der Waals surface area (Å²) in [7, 11) is 0. The van der Waals surface area contributed by atoms with Gasteiger partial charge < -0.3 is 0 Å². The lowest BCUT2D eigenvalue weighted by atomic mass is 10.1. The largest absolute Gasteiger partial charge is 0.346 e. The van der Waals surface area contributed by atoms with Gasteiger partial charge in [-0.25, -0.2) is 9.48 Å². The Labute approximate surface area is 202 Å². The molecule has 5 nitrogen and oxygen atoms in total. The number of hydrogen-bond donors (Lipinski definition) is 0. The average Bonchev–Trinajstić information content (AvgIpc) is 3.09. The summed E-state index contributed by atoms with van der Waals surface area (Å²) in [5, 5.41) is 5.73. The molecule has 1 heterocycles. The van der Waals surface area contributed by atoms with Crippen LogP contribution in [0, 0.1) is 6.92 Å². The van der Waals surface area contributed by atoms with Crippen molar-refractivity contribution in [3.8, 4) is 11.4 Å². The molecule has 0 saturated heterocycles. The molecular formula is C26H23Cl2N3O2. The Balaban J connectivity index is 1.59. The lowest BCUT2D eigenvalue weighted by Crippen LogP contribution is -2.28. The van der Waals surface area contributed by atoms with Gasteiger partial charge in [-0.05, 0) is 60.9 Å². The number of nitrogens with zero attached hydrogens (tertiary/aromatic N) is 3. The van der Waals surface area contributed by atoms with Crippen LogP contribution in [-0.4, -0.2) is 20.1 Å². The molecule has 0 spiro atoms. The van der Waals surface area contributed by atoms with Crippen molar-refractivity contribution >= 4 is 29.0 Å². The van der Waals surface area contributed by atoms with Crippen molar-refractivity contribution in [2.24, 2.45) is 0 Å². The maximum absolute atomic E-state index is 13.2. The van der Waals surface area contributed by atoms with Crippen LogP contribution in [-0.2, 0) is 24.3 Å². The summed E-state index contributed by atoms with van der Waals surface area (Å²) in [5.74, 6) is 0.440. The van der Waals surface area contributed by atoms with Crippen molar-refractivity contribution in [3.05, 3.63) is 110 Å². The van der Waals surface area contributed by atoms with Gasteiger partial charge in [-0.1, -0.05) is 65.2 Å². The molecule has 0 amide bonds. The quantitative estimate of drug-likeness (QED) is 0.331. The normalized spacial score (nSPS) is 11.0. The summed E-state index contributed by atoms with van der Waals surface area (Å²) >= 11 is 12.0. The number of hydrogen-bond acceptors (Lipinski definition) is 3. The number of rotatable bonds is 8. The summed E-state index contributed by atoms with van der Waals surface area (Å²) in [5.41, 5.74) is 3.58. The number of aromatic nitrogens is 3. The van der Waals surface area contributed by atoms with Crippen LogP contribution in [0.4, 0.5) is 0 Å². The average molecular weight is 480 g/mol. The Morgan fingerprint density at radius 3 is 2.24 bits per heavy atom. The SMILES string of the molecule is Cc1cccc(CCC(=O)Cn2nc(-c3ccc(Cl)cc3)n(Cc3ccc(Cl)cc3)c2=O)c1. The first-order chi connectivity index (χ1) is 15.9. The van der Waals surface area contributed by atoms with Gasteiger partial charge in [0, 0.05) is 22.0 Å². The molecule has 0 radical (unpaired) electrons. The highest BCUT2D eigenvalue weighted by Gasteiger charge is 2.17. The van der Waals surface area contributed by atoms with E-state index >= 15 is 0 Å². The number of carbonyl (C=O) groups excluding carboxylic acids is 1. The summed E-state index contributed by atoms with van der Waals surface area (Å²) in [6, 6.07) is 22.5. The molecule has 0 fully saturated rings. The van der Waals surface area contributed by atoms with E-state index in [0.29, 0.717) is 35.3 Å². The number of halogens is 2. The molecule has 0 unspecified atom stereocenters. The minimum Gasteiger partial charge on any atom is -0.298 e. The van der Waals surface area contributed by atoms with E-state index in [-0.39, 0.29) is 18.0 Å². The molecule has 7 heteroatoms. The molecule has 33 heavy (non-hydrogen) atoms. The van der Waals surface area contributed by atoms with Crippen LogP contribution in [0.15, 0.2) is 77.6 Å². The molecule has 3 aromatic carbocycles. The van der Waals surface area contributed by atoms with Gasteiger partial charge in [-0.3, -0.25) is 9.36 Å². The Bertz CT molecular complexity index is 1320. The fraction of sp³-hybridized carbons (Fsp3) is 0.192. The minimum atomic E-state index is -0.334. The van der Waals surface area contributed by atoms with Gasteiger partial charge in [0.2, 0.25) is 0 Å². The number of Topliss-reactive ketones (excluding diaryl/α,β-unsaturated/α-hetero) is 1. The Hall–Kier alpha value is -3.15. The third kappa shape index (κ3) is 5.81. The Kier molecular flexibility index (Phi) is 7.11. The second-order valence-electron chi connectivity index (χ2n) is 8.01. The second kappa shape index (κ2) is 10.2. The molecule has 168 valence electrons. The molecule has 0 aliphatic heterocycles. The van der Waals surface area contributed by atoms with Gasteiger partial charge in [0.25, 0.3) is 0 Å². The maximum Gasteiger partial charge on any atom is 0.346 e. The number of carbonyl (C=O) groups is 1. The molecule has 0 bridgehead atoms. The number of aryl methyl sites for hydroxylation is 2. The molecule has 0 saturated carbocycles. The second-order valence-corrected chi connectivity index (χ2v) is 8.88. The van der Waals surface area contributed by atoms with E-state index in [1.807, 2.05) is 49.4 Å². The minimum absolute atomic E-state index is 0.0441. The molecule has 1 aromatic heterocycles. The fourth-order valence-corrected chi connectivity index (χ4v) is 3.92. The molecule has 0 aliphatic carbocycles. The lowest BCUT2D eigenvalue weighted by Gasteiger charge is -2.06. The summed E-state index contributed by atoms with van der Waals surface area (Å²) in [6.07, 6.45) is 0.973. The summed E-state index contributed by atoms with van der Waals surface area (Å²) < 4.78 is 2.82. The van der Waals surface area contributed by atoms with E-state index in [4.69, 9.17) is 23.2 Å². The molecule has 4 aromatic rings. The highest BCUT2D eigenvalue weighted by molar-refractivity contribution is 6.30. The van der Waals surface area contributed by atoms with Gasteiger partial charge in [0.1, 0.15) is 6.54 Å². The van der Waals surface area contributed by atoms with Gasteiger partial charge in [0.15, 0.2) is 11.6 Å². The Morgan fingerprint density at radius 2 is 1.58 bits per heavy atom. The van der Waals surface area contributed by atoms with Crippen molar-refractivity contribution < 1.29 is 4.79 Å². The maximum atomic E-state index is 13.2. The van der Waals surface area contributed by atoms with Crippen molar-refractivity contribution in [2.45, 2.75) is 32.9 Å². The van der Waals surface area contributed by atoms with Crippen LogP contribution in [0.3, 0.4) is 0 Å². The van der Waals surface area contributed by atoms with Crippen molar-refractivity contribution in [1.29, 1.82) is 0 Å². The first kappa shape index (κ1) is 23.0. The molecule has 0 aliphatic rings. The Morgan fingerprint density at radius 1 is 0.909 bits per heavy atom. The number of ketones is 1. The van der Waals surface area contributed by atoms with Crippen LogP contribution in [0.5, 0.6) is 0 Å². The molecular weight excluding hydrogens is 457 g/mol. The van der Waals surface area contributed by atoms with E-state index in [1.54, 1.807) is 28.8 Å². The predicted octanol–water partition coefficient (Wildman–Crippen LogP) is 5.58. The monoisotopic (exact) mass is 479 g/mol. The van der Waals surface area contributed by atoms with Crippen LogP contribution >= 0.6 is 23.2 Å². The van der Waals surface area contributed by atoms with Crippen molar-refractivity contribution in [2.75, 3.05) is 0 Å². The summed E-state index contributed by atoms with van der Waals surface area (Å²) in [6.45, 7) is 2.26. The van der Waals surface area contributed by atoms with Crippen molar-refractivity contribution in [3.63, 3.8) is 0 Å². The molecule has 0 N–H and O–H groups in total. The topological polar surface area (TPSA) is 56.9 Å². The van der Waals surface area contributed by atoms with E-state index < -0.39 is 0 Å². The summed E-state index contributed by atoms with van der Waals surface area (Å²) in [4.78, 5) is 25.9. The number of benzene rings is 3. The van der Waals surface area contributed by atoms with Crippen LogP contribution in [0.25, 0.3) is 11.4 Å². The van der Waals surface area contributed by atoms with Crippen LogP contribution in [0.1, 0.15) is 23.1 Å². The van der Waals surface area contributed by atoms with E-state index in [2.05, 4.69) is 11.2 Å². The van der Waals surface area contributed by atoms with Gasteiger partial charge in [-0.15, -0.1) is 5.10 Å². The fourth-order valence-electron chi connectivity index (χ4n) is 3.67. The standard InChI is InChI=1S/C26H23Cl2N3O2/c1-18-3-2-4-19(15-18)7-14-24(32)17-31-26(33)30(16-20-5-10-22(27)11-6-20)25(29-31)21-8-12-23(28)13-9-21/h2-6,8-13,15H,7,14,16-17H2,1H3.